The number of rotatable bonds is 6. The summed E-state index contributed by atoms with van der Waals surface area (Å²) in [5.41, 5.74) is 2.03. The third-order valence-electron chi connectivity index (χ3n) is 3.46. The third-order valence-corrected chi connectivity index (χ3v) is 3.46. The summed E-state index contributed by atoms with van der Waals surface area (Å²) in [7, 11) is 1.89. The first kappa shape index (κ1) is 15.0. The van der Waals surface area contributed by atoms with Crippen molar-refractivity contribution in [3.8, 4) is 5.75 Å². The number of ether oxygens (including phenoxy) is 1. The molecule has 2 heterocycles. The van der Waals surface area contributed by atoms with E-state index in [0.29, 0.717) is 6.61 Å². The van der Waals surface area contributed by atoms with Gasteiger partial charge in [-0.15, -0.1) is 0 Å². The molecule has 6 nitrogen and oxygen atoms in total. The Kier molecular flexibility index (Phi) is 4.52. The number of benzene rings is 1. The lowest BCUT2D eigenvalue weighted by molar-refractivity contribution is 0.299. The number of aromatic nitrogens is 4. The Morgan fingerprint density at radius 2 is 2.17 bits per heavy atom. The van der Waals surface area contributed by atoms with Gasteiger partial charge in [-0.2, -0.15) is 5.10 Å². The van der Waals surface area contributed by atoms with Gasteiger partial charge in [0.05, 0.1) is 11.7 Å². The van der Waals surface area contributed by atoms with Crippen molar-refractivity contribution in [2.75, 3.05) is 5.32 Å². The van der Waals surface area contributed by atoms with E-state index in [1.54, 1.807) is 10.9 Å². The molecule has 23 heavy (non-hydrogen) atoms. The lowest BCUT2D eigenvalue weighted by Crippen LogP contribution is -2.08. The molecule has 0 saturated carbocycles. The van der Waals surface area contributed by atoms with E-state index in [0.717, 1.165) is 22.8 Å². The van der Waals surface area contributed by atoms with Crippen LogP contribution >= 0.6 is 0 Å². The Balaban J connectivity index is 1.64. The van der Waals surface area contributed by atoms with Gasteiger partial charge in [-0.05, 0) is 36.8 Å². The molecule has 0 spiro atoms. The molecule has 0 bridgehead atoms. The van der Waals surface area contributed by atoms with Crippen molar-refractivity contribution < 1.29 is 4.74 Å². The topological polar surface area (TPSA) is 64.9 Å². The Morgan fingerprint density at radius 1 is 1.26 bits per heavy atom. The van der Waals surface area contributed by atoms with Crippen LogP contribution < -0.4 is 10.1 Å². The van der Waals surface area contributed by atoms with Crippen molar-refractivity contribution in [2.45, 2.75) is 19.6 Å². The second kappa shape index (κ2) is 6.91. The molecule has 6 heteroatoms. The normalized spacial score (nSPS) is 11.9. The number of hydrogen-bond acceptors (Lipinski definition) is 5. The smallest absolute Gasteiger partial charge is 0.132 e. The summed E-state index contributed by atoms with van der Waals surface area (Å²) in [6, 6.07) is 11.9. The highest BCUT2D eigenvalue weighted by Crippen LogP contribution is 2.22. The molecule has 1 atom stereocenters. The van der Waals surface area contributed by atoms with Crippen molar-refractivity contribution in [3.63, 3.8) is 0 Å². The van der Waals surface area contributed by atoms with Gasteiger partial charge in [0.25, 0.3) is 0 Å². The predicted molar refractivity (Wildman–Crippen MR) is 88.1 cm³/mol. The van der Waals surface area contributed by atoms with E-state index in [1.165, 1.54) is 6.33 Å². The van der Waals surface area contributed by atoms with Crippen LogP contribution in [-0.2, 0) is 13.7 Å². The zero-order chi connectivity index (χ0) is 16.1. The molecule has 0 aliphatic heterocycles. The van der Waals surface area contributed by atoms with Crippen molar-refractivity contribution in [2.24, 2.45) is 7.05 Å². The monoisotopic (exact) mass is 309 g/mol. The van der Waals surface area contributed by atoms with Gasteiger partial charge in [-0.25, -0.2) is 9.97 Å². The van der Waals surface area contributed by atoms with Gasteiger partial charge in [0.1, 0.15) is 24.5 Å². The zero-order valence-corrected chi connectivity index (χ0v) is 13.2. The molecule has 0 aliphatic carbocycles. The lowest BCUT2D eigenvalue weighted by Gasteiger charge is -2.15. The van der Waals surface area contributed by atoms with Gasteiger partial charge >= 0.3 is 0 Å². The van der Waals surface area contributed by atoms with Gasteiger partial charge in [0, 0.05) is 19.4 Å². The molecule has 0 amide bonds. The van der Waals surface area contributed by atoms with E-state index in [4.69, 9.17) is 4.74 Å². The molecular formula is C17H19N5O. The first-order chi connectivity index (χ1) is 11.2. The van der Waals surface area contributed by atoms with Crippen molar-refractivity contribution >= 4 is 5.82 Å². The molecular weight excluding hydrogens is 290 g/mol. The quantitative estimate of drug-likeness (QED) is 0.758. The highest BCUT2D eigenvalue weighted by atomic mass is 16.5. The summed E-state index contributed by atoms with van der Waals surface area (Å²) in [5, 5.41) is 7.64. The minimum absolute atomic E-state index is 0.114. The average Bonchev–Trinajstić information content (AvgIpc) is 3.00. The number of aryl methyl sites for hydroxylation is 1. The van der Waals surface area contributed by atoms with Crippen LogP contribution in [0, 0.1) is 0 Å². The van der Waals surface area contributed by atoms with E-state index in [9.17, 15) is 0 Å². The molecule has 2 aromatic heterocycles. The fraction of sp³-hybridized carbons (Fsp3) is 0.235. The van der Waals surface area contributed by atoms with Gasteiger partial charge in [-0.1, -0.05) is 12.1 Å². The van der Waals surface area contributed by atoms with E-state index in [2.05, 4.69) is 33.4 Å². The van der Waals surface area contributed by atoms with Crippen LogP contribution in [0.25, 0.3) is 0 Å². The molecule has 3 aromatic rings. The molecule has 3 rings (SSSR count). The largest absolute Gasteiger partial charge is 0.487 e. The van der Waals surface area contributed by atoms with E-state index in [1.807, 2.05) is 43.6 Å². The second-order valence-corrected chi connectivity index (χ2v) is 5.30. The first-order valence-electron chi connectivity index (χ1n) is 7.44. The first-order valence-corrected chi connectivity index (χ1v) is 7.44. The van der Waals surface area contributed by atoms with Crippen LogP contribution in [0.4, 0.5) is 5.82 Å². The zero-order valence-electron chi connectivity index (χ0n) is 13.2. The lowest BCUT2D eigenvalue weighted by atomic mass is 10.1. The number of nitrogens with zero attached hydrogens (tertiary/aromatic N) is 4. The summed E-state index contributed by atoms with van der Waals surface area (Å²) >= 11 is 0. The van der Waals surface area contributed by atoms with Gasteiger partial charge in [-0.3, -0.25) is 4.68 Å². The van der Waals surface area contributed by atoms with Crippen molar-refractivity contribution in [1.82, 2.24) is 19.7 Å². The fourth-order valence-electron chi connectivity index (χ4n) is 2.25. The highest BCUT2D eigenvalue weighted by Gasteiger charge is 2.07. The van der Waals surface area contributed by atoms with Crippen LogP contribution in [0.2, 0.25) is 0 Å². The standard InChI is InChI=1S/C17H19N5O/c1-13(20-17-6-8-18-12-19-17)14-4-3-5-16(10-14)23-11-15-7-9-22(2)21-15/h3-10,12-13H,11H2,1-2H3,(H,18,19,20). The number of anilines is 1. The summed E-state index contributed by atoms with van der Waals surface area (Å²) in [6.07, 6.45) is 5.15. The Morgan fingerprint density at radius 3 is 2.91 bits per heavy atom. The Hall–Kier alpha value is -2.89. The summed E-state index contributed by atoms with van der Waals surface area (Å²) < 4.78 is 7.58. The SMILES string of the molecule is CC(Nc1ccncn1)c1cccc(OCc2ccn(C)n2)c1. The molecule has 1 aromatic carbocycles. The number of nitrogens with one attached hydrogen (secondary N) is 1. The predicted octanol–water partition coefficient (Wildman–Crippen LogP) is 2.96. The summed E-state index contributed by atoms with van der Waals surface area (Å²) in [6.45, 7) is 2.54. The van der Waals surface area contributed by atoms with E-state index >= 15 is 0 Å². The molecule has 0 fully saturated rings. The van der Waals surface area contributed by atoms with Gasteiger partial charge < -0.3 is 10.1 Å². The summed E-state index contributed by atoms with van der Waals surface area (Å²) in [4.78, 5) is 8.10. The maximum absolute atomic E-state index is 5.82. The van der Waals surface area contributed by atoms with Crippen molar-refractivity contribution in [3.05, 3.63) is 66.4 Å². The van der Waals surface area contributed by atoms with E-state index in [-0.39, 0.29) is 6.04 Å². The van der Waals surface area contributed by atoms with Crippen LogP contribution in [0.1, 0.15) is 24.2 Å². The van der Waals surface area contributed by atoms with Crippen LogP contribution in [0.15, 0.2) is 55.1 Å². The number of hydrogen-bond donors (Lipinski definition) is 1. The van der Waals surface area contributed by atoms with Gasteiger partial charge in [0.2, 0.25) is 0 Å². The molecule has 0 radical (unpaired) electrons. The fourth-order valence-corrected chi connectivity index (χ4v) is 2.25. The van der Waals surface area contributed by atoms with E-state index < -0.39 is 0 Å². The molecule has 1 N–H and O–H groups in total. The molecule has 118 valence electrons. The Labute approximate surface area is 135 Å². The minimum atomic E-state index is 0.114. The maximum atomic E-state index is 5.82. The van der Waals surface area contributed by atoms with Crippen LogP contribution in [-0.4, -0.2) is 19.7 Å². The van der Waals surface area contributed by atoms with Gasteiger partial charge in [0.15, 0.2) is 0 Å². The second-order valence-electron chi connectivity index (χ2n) is 5.30. The van der Waals surface area contributed by atoms with Crippen LogP contribution in [0.5, 0.6) is 5.75 Å². The molecule has 0 saturated heterocycles. The molecule has 1 unspecified atom stereocenters. The molecule has 0 aliphatic rings. The maximum Gasteiger partial charge on any atom is 0.132 e. The summed E-state index contributed by atoms with van der Waals surface area (Å²) in [5.74, 6) is 1.62. The minimum Gasteiger partial charge on any atom is -0.487 e. The van der Waals surface area contributed by atoms with Crippen molar-refractivity contribution in [1.29, 1.82) is 0 Å². The average molecular weight is 309 g/mol. The third kappa shape index (κ3) is 4.06. The van der Waals surface area contributed by atoms with Crippen LogP contribution in [0.3, 0.4) is 0 Å². The Bertz CT molecular complexity index is 756. The highest BCUT2D eigenvalue weighted by molar-refractivity contribution is 5.38.